The Kier molecular flexibility index (Phi) is 3.93. The highest BCUT2D eigenvalue weighted by Gasteiger charge is 2.27. The number of carboxylic acid groups (broad SMARTS) is 1. The highest BCUT2D eigenvalue weighted by Crippen LogP contribution is 2.33. The molecule has 1 aromatic rings. The first-order valence-electron chi connectivity index (χ1n) is 6.60. The molecule has 1 fully saturated rings. The van der Waals surface area contributed by atoms with E-state index >= 15 is 0 Å². The fourth-order valence-corrected chi connectivity index (χ4v) is 2.77. The zero-order valence-corrected chi connectivity index (χ0v) is 11.0. The van der Waals surface area contributed by atoms with Crippen molar-refractivity contribution < 1.29 is 14.3 Å². The smallest absolute Gasteiger partial charge is 0.340 e. The van der Waals surface area contributed by atoms with Crippen LogP contribution in [0.4, 0.5) is 15.8 Å². The van der Waals surface area contributed by atoms with Gasteiger partial charge in [-0.15, -0.1) is 0 Å². The van der Waals surface area contributed by atoms with Gasteiger partial charge in [-0.3, -0.25) is 0 Å². The number of rotatable bonds is 4. The Morgan fingerprint density at radius 2 is 2.32 bits per heavy atom. The number of hydrogen-bond acceptors (Lipinski definition) is 3. The van der Waals surface area contributed by atoms with Gasteiger partial charge < -0.3 is 15.7 Å². The van der Waals surface area contributed by atoms with Crippen LogP contribution < -0.4 is 10.6 Å². The topological polar surface area (TPSA) is 66.6 Å². The molecule has 0 amide bonds. The number of nitrogen functional groups attached to an aromatic ring is 1. The van der Waals surface area contributed by atoms with E-state index in [1.165, 1.54) is 12.1 Å². The van der Waals surface area contributed by atoms with Gasteiger partial charge in [0.05, 0.1) is 11.4 Å². The van der Waals surface area contributed by atoms with Crippen molar-refractivity contribution in [3.63, 3.8) is 0 Å². The van der Waals surface area contributed by atoms with Crippen LogP contribution in [0.15, 0.2) is 12.1 Å². The molecule has 3 N–H and O–H groups in total. The summed E-state index contributed by atoms with van der Waals surface area (Å²) in [5, 5.41) is 9.23. The Hall–Kier alpha value is -1.78. The van der Waals surface area contributed by atoms with Crippen molar-refractivity contribution in [3.05, 3.63) is 23.5 Å². The van der Waals surface area contributed by atoms with E-state index in [1.807, 2.05) is 4.90 Å². The van der Waals surface area contributed by atoms with Crippen molar-refractivity contribution in [1.29, 1.82) is 0 Å². The second kappa shape index (κ2) is 5.47. The maximum absolute atomic E-state index is 13.4. The Balaban J connectivity index is 2.31. The lowest BCUT2D eigenvalue weighted by Crippen LogP contribution is -2.23. The summed E-state index contributed by atoms with van der Waals surface area (Å²) in [6, 6.07) is 2.76. The minimum Gasteiger partial charge on any atom is -0.478 e. The molecule has 4 nitrogen and oxygen atoms in total. The first-order valence-corrected chi connectivity index (χ1v) is 6.60. The zero-order chi connectivity index (χ0) is 14.0. The van der Waals surface area contributed by atoms with Gasteiger partial charge in [-0.05, 0) is 30.9 Å². The summed E-state index contributed by atoms with van der Waals surface area (Å²) < 4.78 is 13.4. The van der Waals surface area contributed by atoms with Crippen molar-refractivity contribution in [2.75, 3.05) is 23.7 Å². The summed E-state index contributed by atoms with van der Waals surface area (Å²) in [7, 11) is 0. The molecular weight excluding hydrogens is 247 g/mol. The fourth-order valence-electron chi connectivity index (χ4n) is 2.77. The van der Waals surface area contributed by atoms with E-state index in [-0.39, 0.29) is 11.3 Å². The van der Waals surface area contributed by atoms with Crippen LogP contribution in [0.2, 0.25) is 0 Å². The fraction of sp³-hybridized carbons (Fsp3) is 0.500. The standard InChI is InChI=1S/C14H19FN2O2/c1-2-3-9-6-7-17(8-9)11-5-4-10(15)13(16)12(11)14(18)19/h4-5,9H,2-3,6-8,16H2,1H3,(H,18,19). The number of benzene rings is 1. The molecule has 0 radical (unpaired) electrons. The van der Waals surface area contributed by atoms with Crippen molar-refractivity contribution in [3.8, 4) is 0 Å². The Morgan fingerprint density at radius 1 is 1.58 bits per heavy atom. The summed E-state index contributed by atoms with van der Waals surface area (Å²) in [6.45, 7) is 3.76. The van der Waals surface area contributed by atoms with Crippen molar-refractivity contribution in [1.82, 2.24) is 0 Å². The molecule has 1 saturated heterocycles. The van der Waals surface area contributed by atoms with Crippen LogP contribution in [0.1, 0.15) is 36.5 Å². The van der Waals surface area contributed by atoms with Gasteiger partial charge >= 0.3 is 5.97 Å². The lowest BCUT2D eigenvalue weighted by molar-refractivity contribution is 0.0698. The van der Waals surface area contributed by atoms with Crippen LogP contribution in [0, 0.1) is 11.7 Å². The number of carbonyl (C=O) groups is 1. The number of nitrogens with two attached hydrogens (primary N) is 1. The maximum Gasteiger partial charge on any atom is 0.340 e. The van der Waals surface area contributed by atoms with Crippen molar-refractivity contribution >= 4 is 17.3 Å². The maximum atomic E-state index is 13.4. The molecule has 0 aromatic heterocycles. The highest BCUT2D eigenvalue weighted by molar-refractivity contribution is 6.00. The molecule has 1 aliphatic rings. The molecule has 0 spiro atoms. The molecule has 2 rings (SSSR count). The third-order valence-corrected chi connectivity index (χ3v) is 3.71. The first kappa shape index (κ1) is 13.6. The summed E-state index contributed by atoms with van der Waals surface area (Å²) >= 11 is 0. The molecule has 1 unspecified atom stereocenters. The van der Waals surface area contributed by atoms with E-state index in [0.717, 1.165) is 32.4 Å². The van der Waals surface area contributed by atoms with E-state index in [4.69, 9.17) is 5.73 Å². The molecule has 1 aliphatic heterocycles. The van der Waals surface area contributed by atoms with Crippen LogP contribution in [0.25, 0.3) is 0 Å². The Labute approximate surface area is 112 Å². The quantitative estimate of drug-likeness (QED) is 0.822. The minimum absolute atomic E-state index is 0.114. The third-order valence-electron chi connectivity index (χ3n) is 3.71. The normalized spacial score (nSPS) is 18.8. The van der Waals surface area contributed by atoms with Crippen LogP contribution >= 0.6 is 0 Å². The summed E-state index contributed by atoms with van der Waals surface area (Å²) in [4.78, 5) is 13.3. The molecular formula is C14H19FN2O2. The van der Waals surface area contributed by atoms with Crippen molar-refractivity contribution in [2.45, 2.75) is 26.2 Å². The van der Waals surface area contributed by atoms with E-state index in [2.05, 4.69) is 6.92 Å². The molecule has 0 aliphatic carbocycles. The van der Waals surface area contributed by atoms with Gasteiger partial charge in [0.25, 0.3) is 0 Å². The molecule has 0 bridgehead atoms. The van der Waals surface area contributed by atoms with Gasteiger partial charge in [0, 0.05) is 13.1 Å². The highest BCUT2D eigenvalue weighted by atomic mass is 19.1. The van der Waals surface area contributed by atoms with Gasteiger partial charge in [0.15, 0.2) is 0 Å². The third kappa shape index (κ3) is 2.64. The Morgan fingerprint density at radius 3 is 2.95 bits per heavy atom. The molecule has 19 heavy (non-hydrogen) atoms. The molecule has 1 aromatic carbocycles. The van der Waals surface area contributed by atoms with Crippen LogP contribution in [0.3, 0.4) is 0 Å². The van der Waals surface area contributed by atoms with Gasteiger partial charge in [0.1, 0.15) is 11.4 Å². The van der Waals surface area contributed by atoms with Crippen LogP contribution in [-0.2, 0) is 0 Å². The lowest BCUT2D eigenvalue weighted by atomic mass is 10.0. The van der Waals surface area contributed by atoms with E-state index in [1.54, 1.807) is 0 Å². The first-order chi connectivity index (χ1) is 9.04. The average molecular weight is 266 g/mol. The monoisotopic (exact) mass is 266 g/mol. The van der Waals surface area contributed by atoms with Crippen molar-refractivity contribution in [2.24, 2.45) is 5.92 Å². The molecule has 104 valence electrons. The van der Waals surface area contributed by atoms with E-state index in [9.17, 15) is 14.3 Å². The minimum atomic E-state index is -1.18. The zero-order valence-electron chi connectivity index (χ0n) is 11.0. The van der Waals surface area contributed by atoms with E-state index in [0.29, 0.717) is 11.6 Å². The van der Waals surface area contributed by atoms with Crippen LogP contribution in [-0.4, -0.2) is 24.2 Å². The predicted octanol–water partition coefficient (Wildman–Crippen LogP) is 2.73. The number of hydrogen-bond donors (Lipinski definition) is 2. The lowest BCUT2D eigenvalue weighted by Gasteiger charge is -2.21. The van der Waals surface area contributed by atoms with E-state index < -0.39 is 11.8 Å². The largest absolute Gasteiger partial charge is 0.478 e. The second-order valence-corrected chi connectivity index (χ2v) is 5.05. The molecule has 1 atom stereocenters. The second-order valence-electron chi connectivity index (χ2n) is 5.05. The predicted molar refractivity (Wildman–Crippen MR) is 73.0 cm³/mol. The van der Waals surface area contributed by atoms with Gasteiger partial charge in [0.2, 0.25) is 0 Å². The number of halogens is 1. The van der Waals surface area contributed by atoms with Gasteiger partial charge in [-0.2, -0.15) is 0 Å². The van der Waals surface area contributed by atoms with Gasteiger partial charge in [-0.1, -0.05) is 13.3 Å². The van der Waals surface area contributed by atoms with Gasteiger partial charge in [-0.25, -0.2) is 9.18 Å². The summed E-state index contributed by atoms with van der Waals surface area (Å²) in [5.74, 6) is -1.27. The molecule has 0 saturated carbocycles. The summed E-state index contributed by atoms with van der Waals surface area (Å²) in [6.07, 6.45) is 3.30. The molecule has 5 heteroatoms. The average Bonchev–Trinajstić information content (AvgIpc) is 2.81. The summed E-state index contributed by atoms with van der Waals surface area (Å²) in [5.41, 5.74) is 5.71. The van der Waals surface area contributed by atoms with Crippen LogP contribution in [0.5, 0.6) is 0 Å². The number of nitrogens with zero attached hydrogens (tertiary/aromatic N) is 1. The number of aromatic carboxylic acids is 1. The SMILES string of the molecule is CCCC1CCN(c2ccc(F)c(N)c2C(=O)O)C1. The Bertz CT molecular complexity index is 491. The molecule has 1 heterocycles. The number of anilines is 2. The number of carboxylic acids is 1.